The van der Waals surface area contributed by atoms with Gasteiger partial charge in [-0.2, -0.15) is 0 Å². The maximum Gasteiger partial charge on any atom is 0.240 e. The van der Waals surface area contributed by atoms with E-state index >= 15 is 0 Å². The van der Waals surface area contributed by atoms with Crippen LogP contribution in [0.1, 0.15) is 18.4 Å². The van der Waals surface area contributed by atoms with Crippen molar-refractivity contribution in [3.8, 4) is 0 Å². The second-order valence-electron chi connectivity index (χ2n) is 5.03. The normalized spacial score (nSPS) is 19.9. The predicted molar refractivity (Wildman–Crippen MR) is 78.2 cm³/mol. The first kappa shape index (κ1) is 15.4. The highest BCUT2D eigenvalue weighted by Crippen LogP contribution is 2.14. The maximum atomic E-state index is 12.2. The summed E-state index contributed by atoms with van der Waals surface area (Å²) in [6.45, 7) is 2.06. The van der Waals surface area contributed by atoms with Gasteiger partial charge in [-0.1, -0.05) is 12.1 Å². The van der Waals surface area contributed by atoms with Crippen molar-refractivity contribution in [2.24, 2.45) is 0 Å². The van der Waals surface area contributed by atoms with E-state index in [4.69, 9.17) is 4.74 Å². The van der Waals surface area contributed by atoms with Crippen LogP contribution in [0.2, 0.25) is 0 Å². The minimum Gasteiger partial charge on any atom is -0.380 e. The van der Waals surface area contributed by atoms with E-state index in [9.17, 15) is 8.42 Å². The smallest absolute Gasteiger partial charge is 0.240 e. The molecule has 0 spiro atoms. The van der Waals surface area contributed by atoms with E-state index < -0.39 is 10.0 Å². The highest BCUT2D eigenvalue weighted by Gasteiger charge is 2.22. The predicted octanol–water partition coefficient (Wildman–Crippen LogP) is 0.906. The van der Waals surface area contributed by atoms with Gasteiger partial charge in [-0.05, 0) is 50.6 Å². The summed E-state index contributed by atoms with van der Waals surface area (Å²) in [6.07, 6.45) is 2.62. The fraction of sp³-hybridized carbons (Fsp3) is 0.571. The lowest BCUT2D eigenvalue weighted by atomic mass is 10.1. The van der Waals surface area contributed by atoms with Gasteiger partial charge in [-0.15, -0.1) is 0 Å². The third kappa shape index (κ3) is 4.28. The van der Waals surface area contributed by atoms with Crippen molar-refractivity contribution >= 4 is 10.0 Å². The molecule has 5 nitrogen and oxygen atoms in total. The number of ether oxygens (including phenoxy) is 1. The van der Waals surface area contributed by atoms with Gasteiger partial charge in [-0.25, -0.2) is 13.1 Å². The summed E-state index contributed by atoms with van der Waals surface area (Å²) in [6, 6.07) is 6.94. The van der Waals surface area contributed by atoms with E-state index in [1.54, 1.807) is 12.1 Å². The van der Waals surface area contributed by atoms with E-state index in [0.717, 1.165) is 38.0 Å². The molecule has 0 bridgehead atoms. The first-order chi connectivity index (χ1) is 9.62. The summed E-state index contributed by atoms with van der Waals surface area (Å²) < 4.78 is 32.5. The number of likely N-dealkylation sites (N-methyl/N-ethyl adjacent to an activating group) is 1. The Kier molecular flexibility index (Phi) is 5.54. The summed E-state index contributed by atoms with van der Waals surface area (Å²) in [5.41, 5.74) is 1.12. The monoisotopic (exact) mass is 298 g/mol. The van der Waals surface area contributed by atoms with Crippen LogP contribution in [0, 0.1) is 0 Å². The van der Waals surface area contributed by atoms with Crippen LogP contribution in [-0.4, -0.2) is 41.3 Å². The number of benzene rings is 1. The van der Waals surface area contributed by atoms with Gasteiger partial charge in [0.1, 0.15) is 0 Å². The second kappa shape index (κ2) is 7.17. The Morgan fingerprint density at radius 2 is 2.05 bits per heavy atom. The third-order valence-corrected chi connectivity index (χ3v) is 4.92. The Morgan fingerprint density at radius 1 is 1.30 bits per heavy atom. The fourth-order valence-electron chi connectivity index (χ4n) is 2.23. The molecule has 2 rings (SSSR count). The van der Waals surface area contributed by atoms with Crippen molar-refractivity contribution in [3.63, 3.8) is 0 Å². The molecule has 0 saturated carbocycles. The molecule has 1 aromatic rings. The van der Waals surface area contributed by atoms with Gasteiger partial charge in [0.2, 0.25) is 10.0 Å². The number of rotatable bonds is 6. The molecule has 0 aliphatic carbocycles. The molecular weight excluding hydrogens is 276 g/mol. The van der Waals surface area contributed by atoms with Crippen LogP contribution in [0.4, 0.5) is 0 Å². The van der Waals surface area contributed by atoms with Gasteiger partial charge >= 0.3 is 0 Å². The van der Waals surface area contributed by atoms with Gasteiger partial charge in [0.15, 0.2) is 0 Å². The zero-order valence-electron chi connectivity index (χ0n) is 11.8. The average Bonchev–Trinajstić information content (AvgIpc) is 2.46. The molecule has 1 aliphatic heterocycles. The van der Waals surface area contributed by atoms with Crippen LogP contribution in [0.25, 0.3) is 0 Å². The van der Waals surface area contributed by atoms with Crippen molar-refractivity contribution < 1.29 is 13.2 Å². The van der Waals surface area contributed by atoms with Crippen LogP contribution < -0.4 is 10.0 Å². The molecule has 1 aliphatic rings. The second-order valence-corrected chi connectivity index (χ2v) is 6.75. The van der Waals surface area contributed by atoms with Crippen molar-refractivity contribution in [2.75, 3.05) is 26.8 Å². The van der Waals surface area contributed by atoms with Crippen LogP contribution in [0.3, 0.4) is 0 Å². The molecule has 1 heterocycles. The molecule has 1 atom stereocenters. The molecule has 0 aromatic heterocycles. The van der Waals surface area contributed by atoms with Gasteiger partial charge in [0, 0.05) is 12.6 Å². The lowest BCUT2D eigenvalue weighted by Gasteiger charge is -2.23. The quantitative estimate of drug-likeness (QED) is 0.819. The molecule has 6 heteroatoms. The molecule has 2 N–H and O–H groups in total. The molecule has 1 saturated heterocycles. The summed E-state index contributed by atoms with van der Waals surface area (Å²) in [7, 11) is -1.54. The third-order valence-electron chi connectivity index (χ3n) is 3.38. The summed E-state index contributed by atoms with van der Waals surface area (Å²) >= 11 is 0. The van der Waals surface area contributed by atoms with Crippen molar-refractivity contribution in [2.45, 2.75) is 30.2 Å². The molecule has 0 radical (unpaired) electrons. The molecule has 1 fully saturated rings. The van der Waals surface area contributed by atoms with Crippen LogP contribution in [0.5, 0.6) is 0 Å². The van der Waals surface area contributed by atoms with Crippen molar-refractivity contribution in [1.82, 2.24) is 10.0 Å². The zero-order valence-corrected chi connectivity index (χ0v) is 12.6. The summed E-state index contributed by atoms with van der Waals surface area (Å²) in [4.78, 5) is 0.316. The van der Waals surface area contributed by atoms with Gasteiger partial charge in [0.05, 0.1) is 11.5 Å². The SMILES string of the molecule is CNCCc1ccc(S(=O)(=O)NC2CCCOC2)cc1. The summed E-state index contributed by atoms with van der Waals surface area (Å²) in [5, 5.41) is 3.07. The number of hydrogen-bond donors (Lipinski definition) is 2. The largest absolute Gasteiger partial charge is 0.380 e. The fourth-order valence-corrected chi connectivity index (χ4v) is 3.48. The van der Waals surface area contributed by atoms with Crippen molar-refractivity contribution in [3.05, 3.63) is 29.8 Å². The first-order valence-electron chi connectivity index (χ1n) is 6.95. The molecule has 1 unspecified atom stereocenters. The zero-order chi connectivity index (χ0) is 14.4. The highest BCUT2D eigenvalue weighted by molar-refractivity contribution is 7.89. The maximum absolute atomic E-state index is 12.2. The molecule has 20 heavy (non-hydrogen) atoms. The molecule has 112 valence electrons. The van der Waals surface area contributed by atoms with E-state index in [0.29, 0.717) is 11.5 Å². The van der Waals surface area contributed by atoms with Gasteiger partial charge < -0.3 is 10.1 Å². The summed E-state index contributed by atoms with van der Waals surface area (Å²) in [5.74, 6) is 0. The first-order valence-corrected chi connectivity index (χ1v) is 8.44. The van der Waals surface area contributed by atoms with Crippen molar-refractivity contribution in [1.29, 1.82) is 0 Å². The number of nitrogens with one attached hydrogen (secondary N) is 2. The van der Waals surface area contributed by atoms with Gasteiger partial charge in [-0.3, -0.25) is 0 Å². The molecule has 0 amide bonds. The standard InChI is InChI=1S/C14H22N2O3S/c1-15-9-8-12-4-6-14(7-5-12)20(17,18)16-13-3-2-10-19-11-13/h4-7,13,15-16H,2-3,8-11H2,1H3. The molecule has 1 aromatic carbocycles. The minimum atomic E-state index is -3.44. The lowest BCUT2D eigenvalue weighted by molar-refractivity contribution is 0.0774. The number of sulfonamides is 1. The Balaban J connectivity index is 2.01. The van der Waals surface area contributed by atoms with Crippen LogP contribution in [0.15, 0.2) is 29.2 Å². The van der Waals surface area contributed by atoms with E-state index in [1.807, 2.05) is 19.2 Å². The Morgan fingerprint density at radius 3 is 2.65 bits per heavy atom. The lowest BCUT2D eigenvalue weighted by Crippen LogP contribution is -2.40. The highest BCUT2D eigenvalue weighted by atomic mass is 32.2. The van der Waals surface area contributed by atoms with Crippen LogP contribution >= 0.6 is 0 Å². The molecular formula is C14H22N2O3S. The van der Waals surface area contributed by atoms with E-state index in [1.165, 1.54) is 0 Å². The van der Waals surface area contributed by atoms with Gasteiger partial charge in [0.25, 0.3) is 0 Å². The Bertz CT molecular complexity index is 508. The Hall–Kier alpha value is -0.950. The Labute approximate surface area is 120 Å². The average molecular weight is 298 g/mol. The minimum absolute atomic E-state index is 0.113. The number of hydrogen-bond acceptors (Lipinski definition) is 4. The van der Waals surface area contributed by atoms with E-state index in [2.05, 4.69) is 10.0 Å². The van der Waals surface area contributed by atoms with E-state index in [-0.39, 0.29) is 6.04 Å². The topological polar surface area (TPSA) is 67.4 Å². The van der Waals surface area contributed by atoms with Crippen LogP contribution in [-0.2, 0) is 21.2 Å².